The molecular formula is C13H24N2O3. The fourth-order valence-corrected chi connectivity index (χ4v) is 2.19. The molecule has 0 heterocycles. The number of nitrogens with two attached hydrogens (primary N) is 1. The van der Waals surface area contributed by atoms with Gasteiger partial charge in [-0.15, -0.1) is 0 Å². The van der Waals surface area contributed by atoms with Crippen molar-refractivity contribution in [3.8, 4) is 0 Å². The summed E-state index contributed by atoms with van der Waals surface area (Å²) in [5.41, 5.74) is 3.94. The normalized spacial score (nSPS) is 28.6. The smallest absolute Gasteiger partial charge is 0.408 e. The van der Waals surface area contributed by atoms with E-state index in [0.717, 1.165) is 12.8 Å². The number of carbonyl (C=O) groups excluding carboxylic acids is 2. The zero-order valence-corrected chi connectivity index (χ0v) is 11.7. The predicted molar refractivity (Wildman–Crippen MR) is 68.9 cm³/mol. The molecule has 0 atom stereocenters. The Balaban J connectivity index is 2.70. The second kappa shape index (κ2) is 5.16. The van der Waals surface area contributed by atoms with Crippen LogP contribution in [0.1, 0.15) is 53.4 Å². The van der Waals surface area contributed by atoms with E-state index in [-0.39, 0.29) is 0 Å². The van der Waals surface area contributed by atoms with Gasteiger partial charge in [0.1, 0.15) is 11.1 Å². The number of hydrogen-bond donors (Lipinski definition) is 2. The molecule has 2 amide bonds. The van der Waals surface area contributed by atoms with Gasteiger partial charge >= 0.3 is 6.09 Å². The van der Waals surface area contributed by atoms with Crippen molar-refractivity contribution in [2.24, 2.45) is 11.7 Å². The molecule has 0 spiro atoms. The lowest BCUT2D eigenvalue weighted by Gasteiger charge is -2.37. The maximum Gasteiger partial charge on any atom is 0.408 e. The van der Waals surface area contributed by atoms with Crippen LogP contribution in [0.25, 0.3) is 0 Å². The first-order valence-electron chi connectivity index (χ1n) is 6.46. The first-order chi connectivity index (χ1) is 8.15. The van der Waals surface area contributed by atoms with E-state index in [2.05, 4.69) is 12.2 Å². The van der Waals surface area contributed by atoms with Gasteiger partial charge < -0.3 is 15.8 Å². The highest BCUT2D eigenvalue weighted by Gasteiger charge is 2.41. The molecule has 3 N–H and O–H groups in total. The van der Waals surface area contributed by atoms with Gasteiger partial charge in [0.25, 0.3) is 0 Å². The van der Waals surface area contributed by atoms with Crippen molar-refractivity contribution in [3.05, 3.63) is 0 Å². The van der Waals surface area contributed by atoms with E-state index in [1.54, 1.807) is 20.8 Å². The van der Waals surface area contributed by atoms with E-state index in [4.69, 9.17) is 10.5 Å². The van der Waals surface area contributed by atoms with Crippen molar-refractivity contribution >= 4 is 12.0 Å². The summed E-state index contributed by atoms with van der Waals surface area (Å²) < 4.78 is 5.18. The molecule has 18 heavy (non-hydrogen) atoms. The molecule has 0 radical (unpaired) electrons. The van der Waals surface area contributed by atoms with Gasteiger partial charge in [0.2, 0.25) is 5.91 Å². The Morgan fingerprint density at radius 1 is 1.28 bits per heavy atom. The third-order valence-corrected chi connectivity index (χ3v) is 3.34. The zero-order chi connectivity index (χ0) is 14.0. The molecule has 0 aromatic carbocycles. The molecule has 1 rings (SSSR count). The van der Waals surface area contributed by atoms with Crippen molar-refractivity contribution in [2.75, 3.05) is 0 Å². The molecule has 104 valence electrons. The highest BCUT2D eigenvalue weighted by molar-refractivity contribution is 5.88. The standard InChI is InChI=1S/C13H24N2O3/c1-9-5-7-13(8-6-9,10(14)16)15-11(17)18-12(2,3)4/h9H,5-8H2,1-4H3,(H2,14,16)(H,15,17). The Morgan fingerprint density at radius 3 is 2.17 bits per heavy atom. The number of alkyl carbamates (subject to hydrolysis) is 1. The SMILES string of the molecule is CC1CCC(NC(=O)OC(C)(C)C)(C(N)=O)CC1. The monoisotopic (exact) mass is 256 g/mol. The van der Waals surface area contributed by atoms with Crippen LogP contribution in [0.3, 0.4) is 0 Å². The van der Waals surface area contributed by atoms with Crippen LogP contribution in [-0.2, 0) is 9.53 Å². The second-order valence-electron chi connectivity index (χ2n) is 6.26. The Hall–Kier alpha value is -1.26. The summed E-state index contributed by atoms with van der Waals surface area (Å²) in [5, 5.41) is 2.67. The lowest BCUT2D eigenvalue weighted by molar-refractivity contribution is -0.126. The van der Waals surface area contributed by atoms with Gasteiger partial charge in [-0.1, -0.05) is 6.92 Å². The fourth-order valence-electron chi connectivity index (χ4n) is 2.19. The van der Waals surface area contributed by atoms with Crippen LogP contribution < -0.4 is 11.1 Å². The lowest BCUT2D eigenvalue weighted by Crippen LogP contribution is -2.59. The van der Waals surface area contributed by atoms with Crippen LogP contribution in [0.5, 0.6) is 0 Å². The van der Waals surface area contributed by atoms with Gasteiger partial charge in [0, 0.05) is 0 Å². The summed E-state index contributed by atoms with van der Waals surface area (Å²) in [4.78, 5) is 23.4. The molecule has 1 aliphatic rings. The topological polar surface area (TPSA) is 81.4 Å². The summed E-state index contributed by atoms with van der Waals surface area (Å²) in [6.45, 7) is 7.49. The summed E-state index contributed by atoms with van der Waals surface area (Å²) in [5.74, 6) is 0.0955. The molecule has 5 nitrogen and oxygen atoms in total. The Kier molecular flexibility index (Phi) is 4.24. The number of rotatable bonds is 2. The number of nitrogens with one attached hydrogen (secondary N) is 1. The van der Waals surface area contributed by atoms with Gasteiger partial charge in [-0.3, -0.25) is 4.79 Å². The molecule has 0 aromatic rings. The van der Waals surface area contributed by atoms with Gasteiger partial charge in [0.15, 0.2) is 0 Å². The van der Waals surface area contributed by atoms with Gasteiger partial charge in [-0.2, -0.15) is 0 Å². The Morgan fingerprint density at radius 2 is 1.78 bits per heavy atom. The highest BCUT2D eigenvalue weighted by atomic mass is 16.6. The summed E-state index contributed by atoms with van der Waals surface area (Å²) in [6.07, 6.45) is 2.37. The quantitative estimate of drug-likeness (QED) is 0.792. The highest BCUT2D eigenvalue weighted by Crippen LogP contribution is 2.32. The number of carbonyl (C=O) groups is 2. The molecule has 1 saturated carbocycles. The van der Waals surface area contributed by atoms with E-state index >= 15 is 0 Å². The fraction of sp³-hybridized carbons (Fsp3) is 0.846. The van der Waals surface area contributed by atoms with Gasteiger partial charge in [-0.25, -0.2) is 4.79 Å². The van der Waals surface area contributed by atoms with Crippen molar-refractivity contribution in [1.82, 2.24) is 5.32 Å². The molecule has 0 unspecified atom stereocenters. The number of ether oxygens (including phenoxy) is 1. The molecule has 1 fully saturated rings. The lowest BCUT2D eigenvalue weighted by atomic mass is 9.77. The Bertz CT molecular complexity index is 326. The summed E-state index contributed by atoms with van der Waals surface area (Å²) >= 11 is 0. The van der Waals surface area contributed by atoms with Crippen LogP contribution in [0.4, 0.5) is 4.79 Å². The third kappa shape index (κ3) is 3.89. The van der Waals surface area contributed by atoms with E-state index in [9.17, 15) is 9.59 Å². The van der Waals surface area contributed by atoms with Crippen molar-refractivity contribution in [1.29, 1.82) is 0 Å². The second-order valence-corrected chi connectivity index (χ2v) is 6.26. The van der Waals surface area contributed by atoms with Crippen LogP contribution in [0.2, 0.25) is 0 Å². The first kappa shape index (κ1) is 14.8. The summed E-state index contributed by atoms with van der Waals surface area (Å²) in [6, 6.07) is 0. The van der Waals surface area contributed by atoms with E-state index in [1.165, 1.54) is 0 Å². The minimum absolute atomic E-state index is 0.472. The summed E-state index contributed by atoms with van der Waals surface area (Å²) in [7, 11) is 0. The van der Waals surface area contributed by atoms with Crippen LogP contribution in [0.15, 0.2) is 0 Å². The average molecular weight is 256 g/mol. The van der Waals surface area contributed by atoms with E-state index < -0.39 is 23.1 Å². The van der Waals surface area contributed by atoms with Gasteiger partial charge in [-0.05, 0) is 52.4 Å². The molecule has 0 bridgehead atoms. The van der Waals surface area contributed by atoms with E-state index in [1.807, 2.05) is 0 Å². The molecule has 5 heteroatoms. The molecule has 0 aliphatic heterocycles. The Labute approximate surface area is 108 Å². The molecular weight excluding hydrogens is 232 g/mol. The van der Waals surface area contributed by atoms with E-state index in [0.29, 0.717) is 18.8 Å². The third-order valence-electron chi connectivity index (χ3n) is 3.34. The van der Waals surface area contributed by atoms with Crippen LogP contribution in [-0.4, -0.2) is 23.1 Å². The largest absolute Gasteiger partial charge is 0.444 e. The minimum atomic E-state index is -0.936. The zero-order valence-electron chi connectivity index (χ0n) is 11.7. The van der Waals surface area contributed by atoms with Gasteiger partial charge in [0.05, 0.1) is 0 Å². The minimum Gasteiger partial charge on any atom is -0.444 e. The predicted octanol–water partition coefficient (Wildman–Crippen LogP) is 1.95. The molecule has 0 aromatic heterocycles. The van der Waals surface area contributed by atoms with Crippen molar-refractivity contribution < 1.29 is 14.3 Å². The van der Waals surface area contributed by atoms with Crippen LogP contribution >= 0.6 is 0 Å². The van der Waals surface area contributed by atoms with Crippen LogP contribution in [0, 0.1) is 5.92 Å². The maximum atomic E-state index is 11.8. The number of primary amides is 1. The van der Waals surface area contributed by atoms with Crippen molar-refractivity contribution in [3.63, 3.8) is 0 Å². The first-order valence-corrected chi connectivity index (χ1v) is 6.46. The average Bonchev–Trinajstić information content (AvgIpc) is 2.18. The van der Waals surface area contributed by atoms with Crippen molar-refractivity contribution in [2.45, 2.75) is 64.5 Å². The number of hydrogen-bond acceptors (Lipinski definition) is 3. The number of amides is 2. The molecule has 1 aliphatic carbocycles. The maximum absolute atomic E-state index is 11.8. The molecule has 0 saturated heterocycles.